The van der Waals surface area contributed by atoms with Crippen LogP contribution in [-0.4, -0.2) is 55.8 Å². The Hall–Kier alpha value is -1.41. The van der Waals surface area contributed by atoms with Crippen molar-refractivity contribution in [3.63, 3.8) is 0 Å². The van der Waals surface area contributed by atoms with Gasteiger partial charge in [-0.05, 0) is 17.9 Å². The van der Waals surface area contributed by atoms with E-state index in [0.717, 1.165) is 4.88 Å². The Labute approximate surface area is 134 Å². The first kappa shape index (κ1) is 17.0. The second-order valence-electron chi connectivity index (χ2n) is 5.38. The number of amides is 2. The van der Waals surface area contributed by atoms with E-state index < -0.39 is 9.84 Å². The molecule has 1 atom stereocenters. The fourth-order valence-electron chi connectivity index (χ4n) is 2.57. The topological polar surface area (TPSA) is 83.6 Å². The maximum absolute atomic E-state index is 11.8. The van der Waals surface area contributed by atoms with Gasteiger partial charge in [0, 0.05) is 30.9 Å². The van der Waals surface area contributed by atoms with Gasteiger partial charge in [-0.15, -0.1) is 11.3 Å². The predicted molar refractivity (Wildman–Crippen MR) is 85.5 cm³/mol. The van der Waals surface area contributed by atoms with E-state index >= 15 is 0 Å². The zero-order valence-electron chi connectivity index (χ0n) is 12.4. The van der Waals surface area contributed by atoms with Crippen LogP contribution in [0.15, 0.2) is 17.5 Å². The monoisotopic (exact) mass is 344 g/mol. The van der Waals surface area contributed by atoms with Crippen molar-refractivity contribution in [2.45, 2.75) is 25.8 Å². The minimum absolute atomic E-state index is 0.0235. The number of rotatable bonds is 6. The van der Waals surface area contributed by atoms with Crippen LogP contribution in [-0.2, 0) is 25.8 Å². The van der Waals surface area contributed by atoms with Crippen molar-refractivity contribution in [2.24, 2.45) is 0 Å². The summed E-state index contributed by atoms with van der Waals surface area (Å²) in [5.41, 5.74) is 0. The number of carbonyl (C=O) groups is 2. The van der Waals surface area contributed by atoms with Crippen molar-refractivity contribution in [1.82, 2.24) is 10.2 Å². The zero-order chi connectivity index (χ0) is 16.2. The molecule has 1 fully saturated rings. The highest BCUT2D eigenvalue weighted by atomic mass is 32.2. The first-order chi connectivity index (χ1) is 10.4. The molecule has 0 aromatic carbocycles. The van der Waals surface area contributed by atoms with Crippen molar-refractivity contribution in [3.8, 4) is 0 Å². The van der Waals surface area contributed by atoms with Gasteiger partial charge < -0.3 is 10.2 Å². The maximum Gasteiger partial charge on any atom is 0.225 e. The second kappa shape index (κ2) is 7.23. The third-order valence-corrected chi connectivity index (χ3v) is 6.27. The average molecular weight is 344 g/mol. The Morgan fingerprint density at radius 1 is 1.45 bits per heavy atom. The van der Waals surface area contributed by atoms with Crippen molar-refractivity contribution < 1.29 is 18.0 Å². The molecule has 2 amide bonds. The number of sulfone groups is 1. The van der Waals surface area contributed by atoms with Crippen LogP contribution in [0.3, 0.4) is 0 Å². The highest BCUT2D eigenvalue weighted by Crippen LogP contribution is 2.17. The minimum Gasteiger partial charge on any atom is -0.354 e. The molecule has 6 nitrogen and oxygen atoms in total. The van der Waals surface area contributed by atoms with Crippen molar-refractivity contribution in [3.05, 3.63) is 22.4 Å². The molecular formula is C14H20N2O4S2. The van der Waals surface area contributed by atoms with Crippen LogP contribution in [0.5, 0.6) is 0 Å². The summed E-state index contributed by atoms with van der Waals surface area (Å²) in [4.78, 5) is 26.0. The number of nitrogens with zero attached hydrogens (tertiary/aromatic N) is 1. The first-order valence-corrected chi connectivity index (χ1v) is 9.84. The van der Waals surface area contributed by atoms with Crippen molar-refractivity contribution in [1.29, 1.82) is 0 Å². The van der Waals surface area contributed by atoms with E-state index in [1.165, 1.54) is 18.3 Å². The van der Waals surface area contributed by atoms with E-state index in [4.69, 9.17) is 0 Å². The van der Waals surface area contributed by atoms with E-state index in [1.54, 1.807) is 4.90 Å². The lowest BCUT2D eigenvalue weighted by Crippen LogP contribution is -2.44. The van der Waals surface area contributed by atoms with Crippen LogP contribution in [0.2, 0.25) is 0 Å². The Morgan fingerprint density at radius 2 is 2.23 bits per heavy atom. The molecule has 0 aliphatic carbocycles. The van der Waals surface area contributed by atoms with Gasteiger partial charge in [-0.1, -0.05) is 6.07 Å². The van der Waals surface area contributed by atoms with Crippen LogP contribution < -0.4 is 5.32 Å². The highest BCUT2D eigenvalue weighted by Gasteiger charge is 2.33. The van der Waals surface area contributed by atoms with Gasteiger partial charge in [0.25, 0.3) is 0 Å². The largest absolute Gasteiger partial charge is 0.354 e. The molecule has 1 aromatic heterocycles. The van der Waals surface area contributed by atoms with Crippen molar-refractivity contribution >= 4 is 33.0 Å². The Bertz CT molecular complexity index is 625. The number of hydrogen-bond acceptors (Lipinski definition) is 5. The van der Waals surface area contributed by atoms with Crippen molar-refractivity contribution in [2.75, 3.05) is 24.6 Å². The fraction of sp³-hybridized carbons (Fsp3) is 0.571. The van der Waals surface area contributed by atoms with Gasteiger partial charge in [0.2, 0.25) is 11.8 Å². The molecule has 1 saturated heterocycles. The molecular weight excluding hydrogens is 324 g/mol. The van der Waals surface area contributed by atoms with Crippen LogP contribution in [0.25, 0.3) is 0 Å². The SMILES string of the molecule is CC(=O)N(CCNC(=O)Cc1cccs1)C1CCS(=O)(=O)C1. The molecule has 1 aliphatic rings. The molecule has 1 N–H and O–H groups in total. The molecule has 22 heavy (non-hydrogen) atoms. The van der Waals surface area contributed by atoms with E-state index in [2.05, 4.69) is 5.32 Å². The molecule has 0 bridgehead atoms. The number of hydrogen-bond donors (Lipinski definition) is 1. The quantitative estimate of drug-likeness (QED) is 0.812. The lowest BCUT2D eigenvalue weighted by atomic mass is 10.2. The van der Waals surface area contributed by atoms with Gasteiger partial charge in [-0.25, -0.2) is 8.42 Å². The number of nitrogens with one attached hydrogen (secondary N) is 1. The van der Waals surface area contributed by atoms with Gasteiger partial charge >= 0.3 is 0 Å². The molecule has 2 rings (SSSR count). The van der Waals surface area contributed by atoms with Crippen LogP contribution in [0.4, 0.5) is 0 Å². The molecule has 2 heterocycles. The van der Waals surface area contributed by atoms with E-state index in [0.29, 0.717) is 25.9 Å². The molecule has 0 radical (unpaired) electrons. The Morgan fingerprint density at radius 3 is 2.77 bits per heavy atom. The molecule has 1 unspecified atom stereocenters. The summed E-state index contributed by atoms with van der Waals surface area (Å²) in [6.07, 6.45) is 0.806. The van der Waals surface area contributed by atoms with Crippen LogP contribution in [0.1, 0.15) is 18.2 Å². The van der Waals surface area contributed by atoms with Gasteiger partial charge in [0.15, 0.2) is 9.84 Å². The molecule has 1 aliphatic heterocycles. The second-order valence-corrected chi connectivity index (χ2v) is 8.64. The predicted octanol–water partition coefficient (Wildman–Crippen LogP) is 0.442. The van der Waals surface area contributed by atoms with E-state index in [-0.39, 0.29) is 29.4 Å². The molecule has 1 aromatic rings. The lowest BCUT2D eigenvalue weighted by molar-refractivity contribution is -0.131. The summed E-state index contributed by atoms with van der Waals surface area (Å²) in [6.45, 7) is 2.10. The Kier molecular flexibility index (Phi) is 5.57. The summed E-state index contributed by atoms with van der Waals surface area (Å²) in [7, 11) is -3.03. The summed E-state index contributed by atoms with van der Waals surface area (Å²) in [5, 5.41) is 4.69. The molecule has 8 heteroatoms. The summed E-state index contributed by atoms with van der Waals surface area (Å²) < 4.78 is 23.0. The highest BCUT2D eigenvalue weighted by molar-refractivity contribution is 7.91. The standard InChI is InChI=1S/C14H20N2O4S2/c1-11(17)16(12-4-8-22(19,20)10-12)6-5-15-14(18)9-13-3-2-7-21-13/h2-3,7,12H,4-6,8-10H2,1H3,(H,15,18). The van der Waals surface area contributed by atoms with E-state index in [9.17, 15) is 18.0 Å². The average Bonchev–Trinajstić information content (AvgIpc) is 3.03. The van der Waals surface area contributed by atoms with Crippen LogP contribution >= 0.6 is 11.3 Å². The first-order valence-electron chi connectivity index (χ1n) is 7.14. The molecule has 0 spiro atoms. The van der Waals surface area contributed by atoms with Gasteiger partial charge in [0.05, 0.1) is 17.9 Å². The molecule has 122 valence electrons. The lowest BCUT2D eigenvalue weighted by Gasteiger charge is -2.27. The third kappa shape index (κ3) is 4.81. The van der Waals surface area contributed by atoms with Gasteiger partial charge in [-0.2, -0.15) is 0 Å². The number of carbonyl (C=O) groups excluding carboxylic acids is 2. The fourth-order valence-corrected chi connectivity index (χ4v) is 5.00. The van der Waals surface area contributed by atoms with E-state index in [1.807, 2.05) is 17.5 Å². The summed E-state index contributed by atoms with van der Waals surface area (Å²) >= 11 is 1.52. The molecule has 0 saturated carbocycles. The van der Waals surface area contributed by atoms with Crippen LogP contribution in [0, 0.1) is 0 Å². The normalized spacial score (nSPS) is 19.8. The maximum atomic E-state index is 11.8. The zero-order valence-corrected chi connectivity index (χ0v) is 14.1. The summed E-state index contributed by atoms with van der Waals surface area (Å²) in [5.74, 6) is -0.0957. The third-order valence-electron chi connectivity index (χ3n) is 3.64. The smallest absolute Gasteiger partial charge is 0.225 e. The summed E-state index contributed by atoms with van der Waals surface area (Å²) in [6, 6.07) is 3.53. The Balaban J connectivity index is 1.80. The minimum atomic E-state index is -3.03. The number of thiophene rings is 1. The van der Waals surface area contributed by atoms with Gasteiger partial charge in [-0.3, -0.25) is 9.59 Å². The van der Waals surface area contributed by atoms with Gasteiger partial charge in [0.1, 0.15) is 0 Å².